The van der Waals surface area contributed by atoms with Crippen molar-refractivity contribution in [1.29, 1.82) is 5.26 Å². The van der Waals surface area contributed by atoms with E-state index in [4.69, 9.17) is 31.5 Å². The minimum Gasteiger partial charge on any atom is -0.463 e. The Balaban J connectivity index is 1.48. The standard InChI is InChI=1S/C31H29ClF3N7O3/c1-2-25(43)42-7-6-41(14-19(42)3-5-36)30-26-24(39-31(40-30)45-15-18-9-16(13-38-18)29(34)35)12-21(20-4-8-44-28(20)26)22-10-17(37)11-23(33)27(22)32/h2,4,8,10-12,18-19,25,38,43H,1,3,6-7,9,13-15,37H2/t18-,19-,25?/m0/s1. The number of ether oxygens (including phenoxy) is 1. The lowest BCUT2D eigenvalue weighted by molar-refractivity contribution is 0.00438. The first-order chi connectivity index (χ1) is 21.7. The Morgan fingerprint density at radius 1 is 1.31 bits per heavy atom. The van der Waals surface area contributed by atoms with Gasteiger partial charge in [-0.3, -0.25) is 4.90 Å². The molecule has 4 heterocycles. The second-order valence-corrected chi connectivity index (χ2v) is 11.4. The van der Waals surface area contributed by atoms with Crippen molar-refractivity contribution in [2.45, 2.75) is 31.2 Å². The molecular formula is C31H29ClF3N7O3. The van der Waals surface area contributed by atoms with Gasteiger partial charge in [-0.05, 0) is 42.3 Å². The number of aromatic nitrogens is 2. The van der Waals surface area contributed by atoms with Gasteiger partial charge < -0.3 is 30.2 Å². The fourth-order valence-electron chi connectivity index (χ4n) is 6.00. The van der Waals surface area contributed by atoms with Crippen molar-refractivity contribution in [1.82, 2.24) is 20.2 Å². The zero-order valence-electron chi connectivity index (χ0n) is 23.9. The normalized spacial score (nSPS) is 19.6. The highest BCUT2D eigenvalue weighted by molar-refractivity contribution is 6.34. The van der Waals surface area contributed by atoms with Gasteiger partial charge in [0.25, 0.3) is 6.08 Å². The van der Waals surface area contributed by atoms with Crippen LogP contribution in [0.5, 0.6) is 6.01 Å². The second-order valence-electron chi connectivity index (χ2n) is 11.0. The Kier molecular flexibility index (Phi) is 8.56. The van der Waals surface area contributed by atoms with Crippen molar-refractivity contribution < 1.29 is 27.4 Å². The molecule has 2 aromatic heterocycles. The molecular weight excluding hydrogens is 611 g/mol. The molecule has 14 heteroatoms. The molecule has 0 radical (unpaired) electrons. The van der Waals surface area contributed by atoms with E-state index in [0.29, 0.717) is 58.5 Å². The van der Waals surface area contributed by atoms with Crippen LogP contribution in [0, 0.1) is 17.1 Å². The Morgan fingerprint density at radius 3 is 2.87 bits per heavy atom. The maximum absolute atomic E-state index is 14.7. The summed E-state index contributed by atoms with van der Waals surface area (Å²) in [6, 6.07) is 7.61. The summed E-state index contributed by atoms with van der Waals surface area (Å²) in [6.45, 7) is 4.92. The van der Waals surface area contributed by atoms with E-state index in [0.717, 1.165) is 6.07 Å². The topological polar surface area (TPSA) is 137 Å². The van der Waals surface area contributed by atoms with Gasteiger partial charge in [0.15, 0.2) is 0 Å². The number of hydrogen-bond donors (Lipinski definition) is 3. The number of hydrogen-bond acceptors (Lipinski definition) is 10. The number of aliphatic hydroxyl groups excluding tert-OH is 1. The zero-order valence-corrected chi connectivity index (χ0v) is 24.7. The van der Waals surface area contributed by atoms with Crippen molar-refractivity contribution in [2.75, 3.05) is 43.4 Å². The largest absolute Gasteiger partial charge is 0.463 e. The third-order valence-electron chi connectivity index (χ3n) is 8.18. The molecule has 2 fully saturated rings. The number of benzene rings is 2. The SMILES string of the molecule is C=CC(O)N1CCN(c2nc(OC[C@@H]3CC(=C(F)F)CN3)nc3cc(-c4cc(N)cc(F)c4Cl)c4ccoc4c23)C[C@@H]1CC#N. The van der Waals surface area contributed by atoms with Gasteiger partial charge in [-0.1, -0.05) is 18.2 Å². The first-order valence-electron chi connectivity index (χ1n) is 14.2. The third kappa shape index (κ3) is 5.89. The monoisotopic (exact) mass is 639 g/mol. The summed E-state index contributed by atoms with van der Waals surface area (Å²) in [4.78, 5) is 13.2. The van der Waals surface area contributed by atoms with Crippen molar-refractivity contribution in [2.24, 2.45) is 0 Å². The molecule has 4 N–H and O–H groups in total. The molecule has 0 aliphatic carbocycles. The molecule has 45 heavy (non-hydrogen) atoms. The van der Waals surface area contributed by atoms with Crippen molar-refractivity contribution in [3.8, 4) is 23.2 Å². The molecule has 0 bridgehead atoms. The van der Waals surface area contributed by atoms with Gasteiger partial charge in [-0.25, -0.2) is 4.39 Å². The maximum Gasteiger partial charge on any atom is 0.319 e. The molecule has 1 unspecified atom stereocenters. The molecule has 2 aromatic carbocycles. The molecule has 0 saturated carbocycles. The van der Waals surface area contributed by atoms with Gasteiger partial charge >= 0.3 is 6.01 Å². The summed E-state index contributed by atoms with van der Waals surface area (Å²) in [5.41, 5.74) is 7.85. The van der Waals surface area contributed by atoms with Crippen molar-refractivity contribution in [3.05, 3.63) is 65.7 Å². The van der Waals surface area contributed by atoms with Crippen LogP contribution in [0.15, 0.2) is 59.3 Å². The quantitative estimate of drug-likeness (QED) is 0.174. The molecule has 2 aliphatic heterocycles. The lowest BCUT2D eigenvalue weighted by atomic mass is 9.98. The first kappa shape index (κ1) is 30.7. The average molecular weight is 640 g/mol. The van der Waals surface area contributed by atoms with Crippen molar-refractivity contribution >= 4 is 45.0 Å². The number of piperazine rings is 1. The Labute approximate surface area is 261 Å². The summed E-state index contributed by atoms with van der Waals surface area (Å²) >= 11 is 6.41. The predicted molar refractivity (Wildman–Crippen MR) is 164 cm³/mol. The summed E-state index contributed by atoms with van der Waals surface area (Å²) in [7, 11) is 0. The minimum absolute atomic E-state index is 0.00968. The zero-order chi connectivity index (χ0) is 31.8. The number of nitriles is 1. The molecule has 2 saturated heterocycles. The lowest BCUT2D eigenvalue weighted by Gasteiger charge is -2.42. The maximum atomic E-state index is 14.7. The van der Waals surface area contributed by atoms with E-state index < -0.39 is 18.1 Å². The van der Waals surface area contributed by atoms with E-state index >= 15 is 0 Å². The van der Waals surface area contributed by atoms with Crippen LogP contribution in [0.2, 0.25) is 5.02 Å². The van der Waals surface area contributed by atoms with Crippen LogP contribution >= 0.6 is 11.6 Å². The van der Waals surface area contributed by atoms with Crippen LogP contribution in [0.1, 0.15) is 12.8 Å². The summed E-state index contributed by atoms with van der Waals surface area (Å²) in [6.07, 6.45) is 0.548. The Hall–Kier alpha value is -4.35. The summed E-state index contributed by atoms with van der Waals surface area (Å²) in [5.74, 6) is -0.224. The predicted octanol–water partition coefficient (Wildman–Crippen LogP) is 5.22. The molecule has 3 atom stereocenters. The Bertz CT molecular complexity index is 1860. The number of furan rings is 1. The fourth-order valence-corrected chi connectivity index (χ4v) is 6.21. The van der Waals surface area contributed by atoms with Gasteiger partial charge in [0.05, 0.1) is 34.7 Å². The number of nitrogens with two attached hydrogens (primary N) is 1. The number of nitrogens with zero attached hydrogens (tertiary/aromatic N) is 5. The number of aliphatic hydroxyl groups is 1. The van der Waals surface area contributed by atoms with E-state index in [1.807, 2.05) is 4.90 Å². The van der Waals surface area contributed by atoms with Crippen LogP contribution in [-0.4, -0.2) is 71.1 Å². The van der Waals surface area contributed by atoms with Crippen LogP contribution in [0.4, 0.5) is 24.7 Å². The summed E-state index contributed by atoms with van der Waals surface area (Å²) in [5, 5.41) is 24.1. The molecule has 6 rings (SSSR count). The number of halogens is 4. The highest BCUT2D eigenvalue weighted by Gasteiger charge is 2.33. The second kappa shape index (κ2) is 12.6. The van der Waals surface area contributed by atoms with E-state index in [2.05, 4.69) is 22.9 Å². The van der Waals surface area contributed by atoms with E-state index in [-0.39, 0.29) is 60.4 Å². The lowest BCUT2D eigenvalue weighted by Crippen LogP contribution is -2.56. The highest BCUT2D eigenvalue weighted by atomic mass is 35.5. The van der Waals surface area contributed by atoms with Crippen molar-refractivity contribution in [3.63, 3.8) is 0 Å². The number of nitrogen functional groups attached to an aromatic ring is 1. The van der Waals surface area contributed by atoms with Gasteiger partial charge in [0.1, 0.15) is 30.1 Å². The molecule has 234 valence electrons. The smallest absolute Gasteiger partial charge is 0.319 e. The molecule has 0 amide bonds. The molecule has 0 spiro atoms. The molecule has 4 aromatic rings. The average Bonchev–Trinajstić information content (AvgIpc) is 3.71. The van der Waals surface area contributed by atoms with Crippen LogP contribution in [0.25, 0.3) is 33.0 Å². The fraction of sp³-hybridized carbons (Fsp3) is 0.323. The number of fused-ring (bicyclic) bond motifs is 3. The molecule has 10 nitrogen and oxygen atoms in total. The van der Waals surface area contributed by atoms with E-state index in [1.54, 1.807) is 23.1 Å². The van der Waals surface area contributed by atoms with E-state index in [1.165, 1.54) is 12.3 Å². The van der Waals surface area contributed by atoms with Gasteiger partial charge in [-0.2, -0.15) is 24.0 Å². The Morgan fingerprint density at radius 2 is 2.13 bits per heavy atom. The van der Waals surface area contributed by atoms with E-state index in [9.17, 15) is 23.5 Å². The van der Waals surface area contributed by atoms with Gasteiger partial charge in [0.2, 0.25) is 0 Å². The highest BCUT2D eigenvalue weighted by Crippen LogP contribution is 2.43. The summed E-state index contributed by atoms with van der Waals surface area (Å²) < 4.78 is 52.9. The van der Waals surface area contributed by atoms with Crippen LogP contribution < -0.4 is 20.7 Å². The first-order valence-corrected chi connectivity index (χ1v) is 14.6. The number of anilines is 2. The van der Waals surface area contributed by atoms with Gasteiger partial charge in [-0.15, -0.1) is 0 Å². The van der Waals surface area contributed by atoms with Crippen LogP contribution in [0.3, 0.4) is 0 Å². The minimum atomic E-state index is -1.70. The third-order valence-corrected chi connectivity index (χ3v) is 8.57. The number of rotatable bonds is 8. The van der Waals surface area contributed by atoms with Gasteiger partial charge in [0, 0.05) is 60.5 Å². The van der Waals surface area contributed by atoms with Crippen LogP contribution in [-0.2, 0) is 0 Å². The molecule has 2 aliphatic rings. The number of nitrogens with one attached hydrogen (secondary N) is 1.